The third-order valence-electron chi connectivity index (χ3n) is 3.55. The van der Waals surface area contributed by atoms with Gasteiger partial charge in [-0.1, -0.05) is 0 Å². The van der Waals surface area contributed by atoms with Crippen LogP contribution < -0.4 is 5.32 Å². The molecular weight excluding hydrogens is 228 g/mol. The molecule has 1 heterocycles. The number of nitrogens with zero attached hydrogens (tertiary/aromatic N) is 1. The lowest BCUT2D eigenvalue weighted by Crippen LogP contribution is -2.41. The quantitative estimate of drug-likeness (QED) is 0.671. The number of likely N-dealkylation sites (N-methyl/N-ethyl adjacent to an activating group) is 1. The molecule has 4 heteroatoms. The van der Waals surface area contributed by atoms with Crippen molar-refractivity contribution in [1.29, 1.82) is 0 Å². The number of carbonyl (C=O) groups excluding carboxylic acids is 1. The first kappa shape index (κ1) is 15.4. The molecule has 1 saturated heterocycles. The molecule has 0 aromatic carbocycles. The minimum absolute atomic E-state index is 0.160. The van der Waals surface area contributed by atoms with Crippen molar-refractivity contribution in [3.05, 3.63) is 0 Å². The topological polar surface area (TPSA) is 41.6 Å². The van der Waals surface area contributed by atoms with Gasteiger partial charge in [0, 0.05) is 19.8 Å². The average molecular weight is 256 g/mol. The van der Waals surface area contributed by atoms with Gasteiger partial charge >= 0.3 is 0 Å². The molecule has 0 aliphatic carbocycles. The molecule has 0 aromatic heterocycles. The summed E-state index contributed by atoms with van der Waals surface area (Å²) in [4.78, 5) is 13.7. The van der Waals surface area contributed by atoms with E-state index < -0.39 is 0 Å². The Morgan fingerprint density at radius 3 is 2.67 bits per heavy atom. The molecule has 1 N–H and O–H groups in total. The van der Waals surface area contributed by atoms with Gasteiger partial charge in [0.25, 0.3) is 0 Å². The lowest BCUT2D eigenvalue weighted by Gasteiger charge is -2.31. The predicted octanol–water partition coefficient (Wildman–Crippen LogP) is 1.65. The van der Waals surface area contributed by atoms with Gasteiger partial charge < -0.3 is 10.1 Å². The van der Waals surface area contributed by atoms with Crippen molar-refractivity contribution in [3.8, 4) is 0 Å². The lowest BCUT2D eigenvalue weighted by molar-refractivity contribution is -0.122. The highest BCUT2D eigenvalue weighted by atomic mass is 16.5. The van der Waals surface area contributed by atoms with Crippen LogP contribution in [0.4, 0.5) is 0 Å². The van der Waals surface area contributed by atoms with E-state index in [-0.39, 0.29) is 5.91 Å². The van der Waals surface area contributed by atoms with E-state index in [0.717, 1.165) is 38.8 Å². The van der Waals surface area contributed by atoms with Crippen molar-refractivity contribution in [2.75, 3.05) is 39.4 Å². The second-order valence-corrected chi connectivity index (χ2v) is 5.01. The minimum atomic E-state index is 0.160. The van der Waals surface area contributed by atoms with E-state index in [4.69, 9.17) is 4.74 Å². The highest BCUT2D eigenvalue weighted by Crippen LogP contribution is 2.21. The van der Waals surface area contributed by atoms with E-state index in [1.807, 2.05) is 13.8 Å². The van der Waals surface area contributed by atoms with Gasteiger partial charge in [0.2, 0.25) is 5.91 Å². The number of likely N-dealkylation sites (tertiary alicyclic amines) is 1. The van der Waals surface area contributed by atoms with Gasteiger partial charge in [-0.25, -0.2) is 0 Å². The normalized spacial score (nSPS) is 17.9. The Morgan fingerprint density at radius 1 is 1.33 bits per heavy atom. The van der Waals surface area contributed by atoms with Crippen LogP contribution in [0.5, 0.6) is 0 Å². The van der Waals surface area contributed by atoms with E-state index >= 15 is 0 Å². The van der Waals surface area contributed by atoms with Crippen LogP contribution in [0.3, 0.4) is 0 Å². The predicted molar refractivity (Wildman–Crippen MR) is 73.6 cm³/mol. The zero-order valence-corrected chi connectivity index (χ0v) is 11.9. The van der Waals surface area contributed by atoms with Crippen LogP contribution in [-0.4, -0.2) is 50.2 Å². The number of amides is 1. The van der Waals surface area contributed by atoms with Crippen molar-refractivity contribution in [1.82, 2.24) is 10.2 Å². The molecule has 0 bridgehead atoms. The Hall–Kier alpha value is -0.610. The largest absolute Gasteiger partial charge is 0.382 e. The van der Waals surface area contributed by atoms with Gasteiger partial charge in [-0.3, -0.25) is 9.69 Å². The maximum absolute atomic E-state index is 11.5. The minimum Gasteiger partial charge on any atom is -0.382 e. The number of piperidine rings is 1. The zero-order chi connectivity index (χ0) is 13.2. The van der Waals surface area contributed by atoms with Crippen LogP contribution in [0.1, 0.15) is 39.5 Å². The molecule has 0 unspecified atom stereocenters. The number of ether oxygens (including phenoxy) is 1. The van der Waals surface area contributed by atoms with Crippen molar-refractivity contribution >= 4 is 5.91 Å². The molecule has 0 spiro atoms. The fraction of sp³-hybridized carbons (Fsp3) is 0.929. The summed E-state index contributed by atoms with van der Waals surface area (Å²) in [5.74, 6) is 0.989. The Bertz CT molecular complexity index is 226. The summed E-state index contributed by atoms with van der Waals surface area (Å²) in [6.45, 7) is 9.15. The zero-order valence-electron chi connectivity index (χ0n) is 11.9. The molecule has 1 amide bonds. The number of rotatable bonds is 8. The van der Waals surface area contributed by atoms with Crippen molar-refractivity contribution < 1.29 is 9.53 Å². The van der Waals surface area contributed by atoms with Crippen LogP contribution in [0.25, 0.3) is 0 Å². The van der Waals surface area contributed by atoms with Gasteiger partial charge in [-0.15, -0.1) is 0 Å². The Kier molecular flexibility index (Phi) is 8.01. The Labute approximate surface area is 111 Å². The summed E-state index contributed by atoms with van der Waals surface area (Å²) in [6, 6.07) is 0. The first-order chi connectivity index (χ1) is 8.76. The highest BCUT2D eigenvalue weighted by Gasteiger charge is 2.20. The molecule has 1 aliphatic heterocycles. The van der Waals surface area contributed by atoms with E-state index in [1.54, 1.807) is 0 Å². The summed E-state index contributed by atoms with van der Waals surface area (Å²) in [6.07, 6.45) is 4.90. The SMILES string of the molecule is CCNC(=O)CN1CCC(CCCOCC)CC1. The van der Waals surface area contributed by atoms with E-state index in [9.17, 15) is 4.79 Å². The Morgan fingerprint density at radius 2 is 2.06 bits per heavy atom. The van der Waals surface area contributed by atoms with Crippen LogP contribution in [0.15, 0.2) is 0 Å². The summed E-state index contributed by atoms with van der Waals surface area (Å²) < 4.78 is 5.36. The summed E-state index contributed by atoms with van der Waals surface area (Å²) in [5.41, 5.74) is 0. The molecule has 18 heavy (non-hydrogen) atoms. The molecule has 4 nitrogen and oxygen atoms in total. The van der Waals surface area contributed by atoms with Crippen molar-refractivity contribution in [2.24, 2.45) is 5.92 Å². The number of nitrogens with one attached hydrogen (secondary N) is 1. The van der Waals surface area contributed by atoms with E-state index in [0.29, 0.717) is 6.54 Å². The van der Waals surface area contributed by atoms with E-state index in [2.05, 4.69) is 10.2 Å². The highest BCUT2D eigenvalue weighted by molar-refractivity contribution is 5.77. The molecule has 0 saturated carbocycles. The second kappa shape index (κ2) is 9.34. The summed E-state index contributed by atoms with van der Waals surface area (Å²) >= 11 is 0. The van der Waals surface area contributed by atoms with Gasteiger partial charge in [0.1, 0.15) is 0 Å². The van der Waals surface area contributed by atoms with Crippen molar-refractivity contribution in [2.45, 2.75) is 39.5 Å². The number of hydrogen-bond acceptors (Lipinski definition) is 3. The molecule has 1 rings (SSSR count). The van der Waals surface area contributed by atoms with Gasteiger partial charge in [0.15, 0.2) is 0 Å². The number of hydrogen-bond donors (Lipinski definition) is 1. The van der Waals surface area contributed by atoms with Crippen molar-refractivity contribution in [3.63, 3.8) is 0 Å². The first-order valence-electron chi connectivity index (χ1n) is 7.33. The summed E-state index contributed by atoms with van der Waals surface area (Å²) in [7, 11) is 0. The standard InChI is InChI=1S/C14H28N2O2/c1-3-15-14(17)12-16-9-7-13(8-10-16)6-5-11-18-4-2/h13H,3-12H2,1-2H3,(H,15,17). The average Bonchev–Trinajstić information content (AvgIpc) is 2.37. The second-order valence-electron chi connectivity index (χ2n) is 5.01. The molecule has 0 radical (unpaired) electrons. The van der Waals surface area contributed by atoms with Gasteiger partial charge in [0.05, 0.1) is 6.54 Å². The third kappa shape index (κ3) is 6.36. The molecular formula is C14H28N2O2. The fourth-order valence-corrected chi connectivity index (χ4v) is 2.51. The lowest BCUT2D eigenvalue weighted by atomic mass is 9.92. The summed E-state index contributed by atoms with van der Waals surface area (Å²) in [5, 5.41) is 2.86. The molecule has 106 valence electrons. The fourth-order valence-electron chi connectivity index (χ4n) is 2.51. The van der Waals surface area contributed by atoms with Crippen LogP contribution in [-0.2, 0) is 9.53 Å². The first-order valence-corrected chi connectivity index (χ1v) is 7.33. The molecule has 1 aliphatic rings. The maximum atomic E-state index is 11.5. The van der Waals surface area contributed by atoms with Crippen LogP contribution >= 0.6 is 0 Å². The van der Waals surface area contributed by atoms with Crippen LogP contribution in [0.2, 0.25) is 0 Å². The smallest absolute Gasteiger partial charge is 0.234 e. The molecule has 1 fully saturated rings. The van der Waals surface area contributed by atoms with E-state index in [1.165, 1.54) is 25.7 Å². The molecule has 0 aromatic rings. The number of carbonyl (C=O) groups is 1. The Balaban J connectivity index is 2.07. The maximum Gasteiger partial charge on any atom is 0.234 e. The van der Waals surface area contributed by atoms with Gasteiger partial charge in [-0.2, -0.15) is 0 Å². The van der Waals surface area contributed by atoms with Gasteiger partial charge in [-0.05, 0) is 58.5 Å². The molecule has 0 atom stereocenters. The van der Waals surface area contributed by atoms with Crippen LogP contribution in [0, 0.1) is 5.92 Å². The monoisotopic (exact) mass is 256 g/mol. The third-order valence-corrected chi connectivity index (χ3v) is 3.55.